The van der Waals surface area contributed by atoms with Crippen LogP contribution in [0.5, 0.6) is 11.5 Å². The molecule has 3 nitrogen and oxygen atoms in total. The Kier molecular flexibility index (Phi) is 4.11. The molecule has 0 radical (unpaired) electrons. The van der Waals surface area contributed by atoms with Gasteiger partial charge in [-0.15, -0.1) is 0 Å². The third kappa shape index (κ3) is 3.03. The zero-order valence-corrected chi connectivity index (χ0v) is 12.6. The lowest BCUT2D eigenvalue weighted by Gasteiger charge is -2.27. The van der Waals surface area contributed by atoms with Crippen molar-refractivity contribution >= 4 is 0 Å². The molecule has 0 bridgehead atoms. The molecule has 1 atom stereocenters. The second-order valence-corrected chi connectivity index (χ2v) is 5.42. The van der Waals surface area contributed by atoms with E-state index < -0.39 is 0 Å². The fourth-order valence-corrected chi connectivity index (χ4v) is 2.81. The van der Waals surface area contributed by atoms with Gasteiger partial charge in [0, 0.05) is 30.1 Å². The van der Waals surface area contributed by atoms with Gasteiger partial charge in [-0.25, -0.2) is 0 Å². The van der Waals surface area contributed by atoms with Gasteiger partial charge in [-0.1, -0.05) is 35.9 Å². The molecular weight excluding hydrogens is 262 g/mol. The lowest BCUT2D eigenvalue weighted by atomic mass is 9.98. The molecule has 0 aromatic heterocycles. The molecule has 1 aliphatic heterocycles. The number of rotatable bonds is 4. The average molecular weight is 283 g/mol. The Morgan fingerprint density at radius 2 is 2.10 bits per heavy atom. The maximum Gasteiger partial charge on any atom is 0.124 e. The third-order valence-electron chi connectivity index (χ3n) is 3.94. The van der Waals surface area contributed by atoms with Crippen LogP contribution < -0.4 is 14.8 Å². The highest BCUT2D eigenvalue weighted by Crippen LogP contribution is 2.33. The number of hydrogen-bond donors (Lipinski definition) is 1. The normalized spacial score (nSPS) is 17.0. The van der Waals surface area contributed by atoms with E-state index in [0.717, 1.165) is 31.1 Å². The molecule has 1 unspecified atom stereocenters. The van der Waals surface area contributed by atoms with Gasteiger partial charge in [0.15, 0.2) is 0 Å². The molecule has 0 aliphatic carbocycles. The largest absolute Gasteiger partial charge is 0.496 e. The van der Waals surface area contributed by atoms with Crippen molar-refractivity contribution in [3.05, 3.63) is 59.2 Å². The maximum atomic E-state index is 5.74. The van der Waals surface area contributed by atoms with Gasteiger partial charge >= 0.3 is 0 Å². The molecule has 2 aromatic rings. The van der Waals surface area contributed by atoms with E-state index in [4.69, 9.17) is 9.47 Å². The Balaban J connectivity index is 1.76. The van der Waals surface area contributed by atoms with E-state index in [0.29, 0.717) is 6.04 Å². The highest BCUT2D eigenvalue weighted by Gasteiger charge is 2.21. The van der Waals surface area contributed by atoms with Crippen molar-refractivity contribution in [3.8, 4) is 11.5 Å². The van der Waals surface area contributed by atoms with E-state index in [2.05, 4.69) is 36.5 Å². The average Bonchev–Trinajstić information content (AvgIpc) is 2.53. The highest BCUT2D eigenvalue weighted by atomic mass is 16.5. The summed E-state index contributed by atoms with van der Waals surface area (Å²) in [6, 6.07) is 14.9. The first kappa shape index (κ1) is 14.0. The molecule has 0 saturated carbocycles. The number of benzene rings is 2. The van der Waals surface area contributed by atoms with E-state index in [1.165, 1.54) is 16.7 Å². The van der Waals surface area contributed by atoms with Gasteiger partial charge in [0.1, 0.15) is 11.5 Å². The van der Waals surface area contributed by atoms with E-state index in [-0.39, 0.29) is 0 Å². The van der Waals surface area contributed by atoms with Crippen molar-refractivity contribution in [1.29, 1.82) is 0 Å². The highest BCUT2D eigenvalue weighted by molar-refractivity contribution is 5.41. The van der Waals surface area contributed by atoms with E-state index in [9.17, 15) is 0 Å². The smallest absolute Gasteiger partial charge is 0.124 e. The molecule has 110 valence electrons. The summed E-state index contributed by atoms with van der Waals surface area (Å²) in [4.78, 5) is 0. The number of methoxy groups -OCH3 is 1. The van der Waals surface area contributed by atoms with Crippen LogP contribution in [0.25, 0.3) is 0 Å². The Morgan fingerprint density at radius 1 is 1.24 bits per heavy atom. The van der Waals surface area contributed by atoms with Gasteiger partial charge in [-0.3, -0.25) is 0 Å². The summed E-state index contributed by atoms with van der Waals surface area (Å²) < 4.78 is 11.2. The molecular formula is C18H21NO2. The summed E-state index contributed by atoms with van der Waals surface area (Å²) in [7, 11) is 1.71. The molecule has 1 aliphatic rings. The summed E-state index contributed by atoms with van der Waals surface area (Å²) in [5, 5.41) is 3.64. The van der Waals surface area contributed by atoms with Crippen LogP contribution in [-0.4, -0.2) is 13.7 Å². The van der Waals surface area contributed by atoms with Crippen molar-refractivity contribution in [3.63, 3.8) is 0 Å². The maximum absolute atomic E-state index is 5.74. The number of aryl methyl sites for hydroxylation is 1. The summed E-state index contributed by atoms with van der Waals surface area (Å²) in [6.45, 7) is 3.67. The van der Waals surface area contributed by atoms with Gasteiger partial charge in [-0.2, -0.15) is 0 Å². The van der Waals surface area contributed by atoms with Gasteiger partial charge in [0.25, 0.3) is 0 Å². The summed E-state index contributed by atoms with van der Waals surface area (Å²) in [6.07, 6.45) is 0.992. The first-order valence-electron chi connectivity index (χ1n) is 7.36. The quantitative estimate of drug-likeness (QED) is 0.929. The fourth-order valence-electron chi connectivity index (χ4n) is 2.81. The lowest BCUT2D eigenvalue weighted by molar-refractivity contribution is 0.251. The second kappa shape index (κ2) is 6.19. The molecule has 0 fully saturated rings. The Morgan fingerprint density at radius 3 is 2.95 bits per heavy atom. The second-order valence-electron chi connectivity index (χ2n) is 5.42. The molecule has 3 heteroatoms. The summed E-state index contributed by atoms with van der Waals surface area (Å²) >= 11 is 0. The zero-order valence-electron chi connectivity index (χ0n) is 12.6. The zero-order chi connectivity index (χ0) is 14.7. The molecule has 0 spiro atoms. The monoisotopic (exact) mass is 283 g/mol. The molecule has 0 amide bonds. The van der Waals surface area contributed by atoms with Crippen LogP contribution >= 0.6 is 0 Å². The molecule has 21 heavy (non-hydrogen) atoms. The predicted molar refractivity (Wildman–Crippen MR) is 83.9 cm³/mol. The minimum Gasteiger partial charge on any atom is -0.496 e. The Labute approximate surface area is 125 Å². The first-order chi connectivity index (χ1) is 10.3. The fraction of sp³-hybridized carbons (Fsp3) is 0.333. The number of hydrogen-bond acceptors (Lipinski definition) is 3. The van der Waals surface area contributed by atoms with Crippen LogP contribution in [0.4, 0.5) is 0 Å². The lowest BCUT2D eigenvalue weighted by Crippen LogP contribution is -2.27. The van der Waals surface area contributed by atoms with Crippen LogP contribution in [0.1, 0.15) is 29.2 Å². The van der Waals surface area contributed by atoms with Gasteiger partial charge in [0.2, 0.25) is 0 Å². The van der Waals surface area contributed by atoms with Gasteiger partial charge < -0.3 is 14.8 Å². The minimum absolute atomic E-state index is 0.332. The van der Waals surface area contributed by atoms with Crippen LogP contribution in [0.3, 0.4) is 0 Å². The third-order valence-corrected chi connectivity index (χ3v) is 3.94. The minimum atomic E-state index is 0.332. The topological polar surface area (TPSA) is 30.5 Å². The van der Waals surface area contributed by atoms with Gasteiger partial charge in [0.05, 0.1) is 13.7 Å². The van der Waals surface area contributed by atoms with Gasteiger partial charge in [-0.05, 0) is 19.1 Å². The van der Waals surface area contributed by atoms with Crippen LogP contribution in [-0.2, 0) is 6.54 Å². The number of ether oxygens (including phenoxy) is 2. The Bertz CT molecular complexity index is 624. The standard InChI is InChI=1S/C18H21NO2/c1-13-7-8-18-15(11-13)16(9-10-21-18)19-12-14-5-3-4-6-17(14)20-2/h3-8,11,16,19H,9-10,12H2,1-2H3. The van der Waals surface area contributed by atoms with Crippen LogP contribution in [0.2, 0.25) is 0 Å². The summed E-state index contributed by atoms with van der Waals surface area (Å²) in [5.74, 6) is 1.94. The Hall–Kier alpha value is -2.00. The SMILES string of the molecule is COc1ccccc1CNC1CCOc2ccc(C)cc21. The van der Waals surface area contributed by atoms with Crippen molar-refractivity contribution in [1.82, 2.24) is 5.32 Å². The number of fused-ring (bicyclic) bond motifs is 1. The van der Waals surface area contributed by atoms with E-state index in [1.54, 1.807) is 7.11 Å². The molecule has 1 heterocycles. The van der Waals surface area contributed by atoms with E-state index in [1.807, 2.05) is 18.2 Å². The molecule has 3 rings (SSSR count). The van der Waals surface area contributed by atoms with E-state index >= 15 is 0 Å². The van der Waals surface area contributed by atoms with Crippen molar-refractivity contribution in [2.45, 2.75) is 25.9 Å². The molecule has 0 saturated heterocycles. The number of nitrogens with one attached hydrogen (secondary N) is 1. The van der Waals surface area contributed by atoms with Crippen molar-refractivity contribution < 1.29 is 9.47 Å². The summed E-state index contributed by atoms with van der Waals surface area (Å²) in [5.41, 5.74) is 3.71. The van der Waals surface area contributed by atoms with Crippen LogP contribution in [0.15, 0.2) is 42.5 Å². The molecule has 2 aromatic carbocycles. The number of para-hydroxylation sites is 1. The van der Waals surface area contributed by atoms with Crippen LogP contribution in [0, 0.1) is 6.92 Å². The van der Waals surface area contributed by atoms with Crippen molar-refractivity contribution in [2.24, 2.45) is 0 Å². The molecule has 1 N–H and O–H groups in total. The predicted octanol–water partition coefficient (Wildman–Crippen LogP) is 3.62. The first-order valence-corrected chi connectivity index (χ1v) is 7.36. The van der Waals surface area contributed by atoms with Crippen molar-refractivity contribution in [2.75, 3.05) is 13.7 Å².